The summed E-state index contributed by atoms with van der Waals surface area (Å²) in [6.07, 6.45) is 5.22. The lowest BCUT2D eigenvalue weighted by Crippen LogP contribution is -2.04. The van der Waals surface area contributed by atoms with Crippen molar-refractivity contribution in [1.29, 1.82) is 0 Å². The van der Waals surface area contributed by atoms with Gasteiger partial charge in [-0.1, -0.05) is 36.3 Å². The van der Waals surface area contributed by atoms with E-state index in [-0.39, 0.29) is 6.61 Å². The minimum Gasteiger partial charge on any atom is -0.495 e. The molecule has 102 valence electrons. The number of ether oxygens (including phenoxy) is 2. The average Bonchev–Trinajstić information content (AvgIpc) is 2.52. The van der Waals surface area contributed by atoms with Gasteiger partial charge in [0.2, 0.25) is 0 Å². The molecule has 0 spiro atoms. The van der Waals surface area contributed by atoms with Crippen LogP contribution in [0.3, 0.4) is 0 Å². The quantitative estimate of drug-likeness (QED) is 0.814. The van der Waals surface area contributed by atoms with E-state index >= 15 is 0 Å². The highest BCUT2D eigenvalue weighted by atomic mass is 16.5. The number of methoxy groups -OCH3 is 1. The largest absolute Gasteiger partial charge is 0.495 e. The first-order chi connectivity index (χ1) is 9.85. The lowest BCUT2D eigenvalue weighted by molar-refractivity contribution is 0.366. The van der Waals surface area contributed by atoms with E-state index in [1.54, 1.807) is 7.11 Å². The molecule has 0 heterocycles. The summed E-state index contributed by atoms with van der Waals surface area (Å²) >= 11 is 0. The number of terminal acetylenes is 1. The zero-order chi connectivity index (χ0) is 14.2. The van der Waals surface area contributed by atoms with E-state index in [0.29, 0.717) is 6.54 Å². The van der Waals surface area contributed by atoms with Crippen molar-refractivity contribution in [1.82, 2.24) is 0 Å². The maximum atomic E-state index is 5.52. The van der Waals surface area contributed by atoms with Gasteiger partial charge in [0.15, 0.2) is 0 Å². The Kier molecular flexibility index (Phi) is 4.91. The zero-order valence-corrected chi connectivity index (χ0v) is 11.4. The van der Waals surface area contributed by atoms with Gasteiger partial charge in [-0.25, -0.2) is 0 Å². The molecule has 2 rings (SSSR count). The molecule has 0 saturated carbocycles. The van der Waals surface area contributed by atoms with Crippen molar-refractivity contribution >= 4 is 5.69 Å². The van der Waals surface area contributed by atoms with Crippen LogP contribution in [0.15, 0.2) is 48.5 Å². The number of para-hydroxylation sites is 3. The summed E-state index contributed by atoms with van der Waals surface area (Å²) in [4.78, 5) is 0. The van der Waals surface area contributed by atoms with Crippen LogP contribution in [-0.4, -0.2) is 13.7 Å². The molecule has 2 aromatic rings. The Labute approximate surface area is 119 Å². The van der Waals surface area contributed by atoms with Crippen LogP contribution in [0.5, 0.6) is 11.5 Å². The summed E-state index contributed by atoms with van der Waals surface area (Å²) in [7, 11) is 1.66. The summed E-state index contributed by atoms with van der Waals surface area (Å²) in [5.74, 6) is 4.09. The first-order valence-electron chi connectivity index (χ1n) is 6.36. The van der Waals surface area contributed by atoms with Gasteiger partial charge in [0, 0.05) is 12.1 Å². The highest BCUT2D eigenvalue weighted by Gasteiger charge is 2.05. The minimum atomic E-state index is 0.270. The lowest BCUT2D eigenvalue weighted by Gasteiger charge is -2.13. The van der Waals surface area contributed by atoms with Gasteiger partial charge in [-0.05, 0) is 18.2 Å². The van der Waals surface area contributed by atoms with Gasteiger partial charge in [-0.15, -0.1) is 6.42 Å². The normalized spacial score (nSPS) is 9.60. The third-order valence-electron chi connectivity index (χ3n) is 2.86. The van der Waals surface area contributed by atoms with E-state index in [9.17, 15) is 0 Å². The maximum absolute atomic E-state index is 5.52. The smallest absolute Gasteiger partial charge is 0.148 e. The van der Waals surface area contributed by atoms with E-state index < -0.39 is 0 Å². The van der Waals surface area contributed by atoms with Crippen LogP contribution in [0.25, 0.3) is 0 Å². The Hall–Kier alpha value is -2.60. The molecule has 0 saturated heterocycles. The molecule has 2 aromatic carbocycles. The molecule has 0 aliphatic heterocycles. The number of rotatable bonds is 6. The number of hydrogen-bond donors (Lipinski definition) is 1. The summed E-state index contributed by atoms with van der Waals surface area (Å²) in [5.41, 5.74) is 2.00. The molecule has 1 N–H and O–H groups in total. The molecule has 20 heavy (non-hydrogen) atoms. The summed E-state index contributed by atoms with van der Waals surface area (Å²) in [6.45, 7) is 0.910. The fourth-order valence-electron chi connectivity index (χ4n) is 1.89. The first-order valence-corrected chi connectivity index (χ1v) is 6.36. The van der Waals surface area contributed by atoms with Crippen LogP contribution in [0.4, 0.5) is 5.69 Å². The molecule has 0 aliphatic rings. The van der Waals surface area contributed by atoms with Crippen LogP contribution in [-0.2, 0) is 6.54 Å². The Balaban J connectivity index is 2.09. The van der Waals surface area contributed by atoms with Crippen molar-refractivity contribution < 1.29 is 9.47 Å². The monoisotopic (exact) mass is 267 g/mol. The molecule has 0 unspecified atom stereocenters. The van der Waals surface area contributed by atoms with Gasteiger partial charge in [-0.3, -0.25) is 0 Å². The molecule has 0 aromatic heterocycles. The van der Waals surface area contributed by atoms with Gasteiger partial charge in [0.05, 0.1) is 12.8 Å². The van der Waals surface area contributed by atoms with Crippen molar-refractivity contribution in [2.24, 2.45) is 0 Å². The SMILES string of the molecule is C#CCOc1ccccc1CNc1ccccc1OC. The van der Waals surface area contributed by atoms with E-state index in [1.165, 1.54) is 0 Å². The molecule has 0 radical (unpaired) electrons. The number of hydrogen-bond acceptors (Lipinski definition) is 3. The highest BCUT2D eigenvalue weighted by molar-refractivity contribution is 5.56. The van der Waals surface area contributed by atoms with Crippen LogP contribution < -0.4 is 14.8 Å². The Morgan fingerprint density at radius 3 is 2.50 bits per heavy atom. The number of anilines is 1. The van der Waals surface area contributed by atoms with E-state index in [4.69, 9.17) is 15.9 Å². The molecular formula is C17H17NO2. The second-order valence-electron chi connectivity index (χ2n) is 4.15. The standard InChI is InChI=1S/C17H17NO2/c1-3-12-20-16-10-6-4-8-14(16)13-18-15-9-5-7-11-17(15)19-2/h1,4-11,18H,12-13H2,2H3. The molecule has 0 fully saturated rings. The van der Waals surface area contributed by atoms with E-state index in [1.807, 2.05) is 48.5 Å². The maximum Gasteiger partial charge on any atom is 0.148 e. The van der Waals surface area contributed by atoms with Crippen molar-refractivity contribution in [2.75, 3.05) is 19.0 Å². The van der Waals surface area contributed by atoms with Gasteiger partial charge in [-0.2, -0.15) is 0 Å². The third kappa shape index (κ3) is 3.46. The summed E-state index contributed by atoms with van der Waals surface area (Å²) < 4.78 is 10.8. The second-order valence-corrected chi connectivity index (χ2v) is 4.15. The molecule has 3 heteroatoms. The fraction of sp³-hybridized carbons (Fsp3) is 0.176. The predicted molar refractivity (Wildman–Crippen MR) is 81.1 cm³/mol. The Morgan fingerprint density at radius 1 is 1.05 bits per heavy atom. The van der Waals surface area contributed by atoms with Gasteiger partial charge in [0.25, 0.3) is 0 Å². The molecule has 3 nitrogen and oxygen atoms in total. The van der Waals surface area contributed by atoms with Crippen molar-refractivity contribution in [3.8, 4) is 23.8 Å². The highest BCUT2D eigenvalue weighted by Crippen LogP contribution is 2.25. The van der Waals surface area contributed by atoms with Gasteiger partial charge >= 0.3 is 0 Å². The molecular weight excluding hydrogens is 250 g/mol. The van der Waals surface area contributed by atoms with Crippen molar-refractivity contribution in [3.63, 3.8) is 0 Å². The Bertz CT molecular complexity index is 602. The van der Waals surface area contributed by atoms with Gasteiger partial charge in [0.1, 0.15) is 18.1 Å². The zero-order valence-electron chi connectivity index (χ0n) is 11.4. The van der Waals surface area contributed by atoms with Gasteiger partial charge < -0.3 is 14.8 Å². The molecule has 0 atom stereocenters. The summed E-state index contributed by atoms with van der Waals surface area (Å²) in [5, 5.41) is 3.34. The van der Waals surface area contributed by atoms with Crippen LogP contribution >= 0.6 is 0 Å². The first kappa shape index (κ1) is 13.8. The Morgan fingerprint density at radius 2 is 1.75 bits per heavy atom. The average molecular weight is 267 g/mol. The van der Waals surface area contributed by atoms with Crippen LogP contribution in [0.2, 0.25) is 0 Å². The fourth-order valence-corrected chi connectivity index (χ4v) is 1.89. The molecule has 0 amide bonds. The van der Waals surface area contributed by atoms with Crippen molar-refractivity contribution in [3.05, 3.63) is 54.1 Å². The van der Waals surface area contributed by atoms with Crippen LogP contribution in [0.1, 0.15) is 5.56 Å². The third-order valence-corrected chi connectivity index (χ3v) is 2.86. The lowest BCUT2D eigenvalue weighted by atomic mass is 10.2. The van der Waals surface area contributed by atoms with Crippen molar-refractivity contribution in [2.45, 2.75) is 6.54 Å². The predicted octanol–water partition coefficient (Wildman–Crippen LogP) is 3.32. The molecule has 0 bridgehead atoms. The molecule has 0 aliphatic carbocycles. The van der Waals surface area contributed by atoms with E-state index in [2.05, 4.69) is 11.2 Å². The summed E-state index contributed by atoms with van der Waals surface area (Å²) in [6, 6.07) is 15.6. The number of benzene rings is 2. The second kappa shape index (κ2) is 7.10. The number of nitrogens with one attached hydrogen (secondary N) is 1. The minimum absolute atomic E-state index is 0.270. The van der Waals surface area contributed by atoms with Crippen LogP contribution in [0, 0.1) is 12.3 Å². The van der Waals surface area contributed by atoms with E-state index in [0.717, 1.165) is 22.7 Å². The topological polar surface area (TPSA) is 30.5 Å².